The van der Waals surface area contributed by atoms with Gasteiger partial charge in [0.05, 0.1) is 17.3 Å². The fraction of sp³-hybridized carbons (Fsp3) is 0.500. The van der Waals surface area contributed by atoms with E-state index in [0.29, 0.717) is 23.5 Å². The molecule has 1 aromatic rings. The van der Waals surface area contributed by atoms with Crippen molar-refractivity contribution >= 4 is 9.84 Å². The van der Waals surface area contributed by atoms with Crippen molar-refractivity contribution in [3.63, 3.8) is 0 Å². The lowest BCUT2D eigenvalue weighted by atomic mass is 9.93. The summed E-state index contributed by atoms with van der Waals surface area (Å²) in [4.78, 5) is 0.368. The molecule has 0 saturated heterocycles. The van der Waals surface area contributed by atoms with Gasteiger partial charge in [-0.2, -0.15) is 0 Å². The van der Waals surface area contributed by atoms with E-state index in [-0.39, 0.29) is 11.3 Å². The Hall–Kier alpha value is -1.07. The van der Waals surface area contributed by atoms with E-state index in [2.05, 4.69) is 0 Å². The van der Waals surface area contributed by atoms with Crippen LogP contribution in [0, 0.1) is 6.92 Å². The second kappa shape index (κ2) is 4.31. The minimum absolute atomic E-state index is 0.0362. The molecule has 0 radical (unpaired) electrons. The van der Waals surface area contributed by atoms with Crippen LogP contribution in [0.4, 0.5) is 0 Å². The van der Waals surface area contributed by atoms with Crippen LogP contribution < -0.4 is 10.5 Å². The Morgan fingerprint density at radius 3 is 2.47 bits per heavy atom. The van der Waals surface area contributed by atoms with Gasteiger partial charge in [-0.15, -0.1) is 0 Å². The van der Waals surface area contributed by atoms with Crippen molar-refractivity contribution in [1.29, 1.82) is 0 Å². The van der Waals surface area contributed by atoms with Crippen LogP contribution in [0.15, 0.2) is 23.1 Å². The molecule has 0 atom stereocenters. The van der Waals surface area contributed by atoms with Crippen LogP contribution in [-0.4, -0.2) is 26.8 Å². The lowest BCUT2D eigenvalue weighted by molar-refractivity contribution is 0.407. The van der Waals surface area contributed by atoms with Gasteiger partial charge in [-0.3, -0.25) is 0 Å². The van der Waals surface area contributed by atoms with Crippen LogP contribution >= 0.6 is 0 Å². The molecule has 1 fully saturated rings. The fourth-order valence-corrected chi connectivity index (χ4v) is 4.06. The zero-order valence-corrected chi connectivity index (χ0v) is 10.8. The summed E-state index contributed by atoms with van der Waals surface area (Å²) < 4.78 is 29.5. The number of aryl methyl sites for hydroxylation is 1. The highest BCUT2D eigenvalue weighted by molar-refractivity contribution is 7.92. The van der Waals surface area contributed by atoms with Crippen molar-refractivity contribution in [2.45, 2.75) is 36.0 Å². The van der Waals surface area contributed by atoms with Gasteiger partial charge >= 0.3 is 0 Å². The van der Waals surface area contributed by atoms with E-state index in [1.165, 1.54) is 0 Å². The van der Waals surface area contributed by atoms with E-state index >= 15 is 0 Å². The lowest BCUT2D eigenvalue weighted by Gasteiger charge is -2.31. The van der Waals surface area contributed by atoms with Crippen LogP contribution in [0.1, 0.15) is 18.4 Å². The maximum atomic E-state index is 12.2. The number of sulfone groups is 1. The van der Waals surface area contributed by atoms with Crippen LogP contribution in [0.25, 0.3) is 0 Å². The molecule has 0 amide bonds. The van der Waals surface area contributed by atoms with E-state index in [9.17, 15) is 8.42 Å². The first-order valence-corrected chi connectivity index (χ1v) is 7.14. The number of methoxy groups -OCH3 is 1. The minimum atomic E-state index is -3.22. The van der Waals surface area contributed by atoms with Gasteiger partial charge in [0, 0.05) is 6.04 Å². The molecule has 0 bridgehead atoms. The van der Waals surface area contributed by atoms with Crippen molar-refractivity contribution in [2.24, 2.45) is 5.73 Å². The third-order valence-electron chi connectivity index (χ3n) is 3.26. The Bertz CT molecular complexity index is 519. The van der Waals surface area contributed by atoms with E-state index in [0.717, 1.165) is 5.56 Å². The van der Waals surface area contributed by atoms with E-state index < -0.39 is 9.84 Å². The van der Waals surface area contributed by atoms with E-state index in [1.807, 2.05) is 6.92 Å². The van der Waals surface area contributed by atoms with E-state index in [4.69, 9.17) is 10.5 Å². The molecule has 0 spiro atoms. The second-order valence-electron chi connectivity index (χ2n) is 4.53. The molecule has 0 aliphatic heterocycles. The number of nitrogens with two attached hydrogens (primary N) is 1. The number of rotatable bonds is 3. The van der Waals surface area contributed by atoms with Gasteiger partial charge < -0.3 is 10.5 Å². The molecule has 5 heteroatoms. The molecular weight excluding hydrogens is 238 g/mol. The van der Waals surface area contributed by atoms with Crippen LogP contribution in [-0.2, 0) is 9.84 Å². The Morgan fingerprint density at radius 2 is 2.00 bits per heavy atom. The third-order valence-corrected chi connectivity index (χ3v) is 5.44. The summed E-state index contributed by atoms with van der Waals surface area (Å²) in [7, 11) is -1.65. The van der Waals surface area contributed by atoms with Crippen molar-refractivity contribution in [1.82, 2.24) is 0 Å². The minimum Gasteiger partial charge on any atom is -0.496 e. The summed E-state index contributed by atoms with van der Waals surface area (Å²) in [6.07, 6.45) is 1.13. The Kier molecular flexibility index (Phi) is 3.14. The van der Waals surface area contributed by atoms with Gasteiger partial charge in [-0.05, 0) is 43.5 Å². The molecule has 17 heavy (non-hydrogen) atoms. The molecular formula is C12H17NO3S. The Morgan fingerprint density at radius 1 is 1.35 bits per heavy atom. The zero-order valence-electron chi connectivity index (χ0n) is 10.0. The first kappa shape index (κ1) is 12.4. The molecule has 1 aliphatic rings. The predicted octanol–water partition coefficient (Wildman–Crippen LogP) is 1.27. The molecule has 94 valence electrons. The van der Waals surface area contributed by atoms with Gasteiger partial charge in [0.15, 0.2) is 9.84 Å². The zero-order chi connectivity index (χ0) is 12.6. The van der Waals surface area contributed by atoms with Gasteiger partial charge in [-0.1, -0.05) is 0 Å². The number of hydrogen-bond donors (Lipinski definition) is 1. The normalized spacial score (nSPS) is 24.2. The second-order valence-corrected chi connectivity index (χ2v) is 6.76. The maximum absolute atomic E-state index is 12.2. The van der Waals surface area contributed by atoms with Gasteiger partial charge in [0.1, 0.15) is 5.75 Å². The summed E-state index contributed by atoms with van der Waals surface area (Å²) in [6.45, 7) is 1.84. The molecule has 1 saturated carbocycles. The molecule has 2 rings (SSSR count). The topological polar surface area (TPSA) is 69.4 Å². The van der Waals surface area contributed by atoms with Gasteiger partial charge in [-0.25, -0.2) is 8.42 Å². The molecule has 1 aromatic carbocycles. The summed E-state index contributed by atoms with van der Waals surface area (Å²) in [5.74, 6) is 0.703. The summed E-state index contributed by atoms with van der Waals surface area (Å²) in [6, 6.07) is 5.00. The molecule has 1 aliphatic carbocycles. The number of hydrogen-bond acceptors (Lipinski definition) is 4. The highest BCUT2D eigenvalue weighted by Crippen LogP contribution is 2.32. The number of ether oxygens (including phenoxy) is 1. The average molecular weight is 255 g/mol. The SMILES string of the molecule is COc1ccc(S(=O)(=O)C2CC(N)C2)cc1C. The predicted molar refractivity (Wildman–Crippen MR) is 65.9 cm³/mol. The van der Waals surface area contributed by atoms with Crippen molar-refractivity contribution in [3.8, 4) is 5.75 Å². The van der Waals surface area contributed by atoms with Crippen LogP contribution in [0.2, 0.25) is 0 Å². The number of benzene rings is 1. The van der Waals surface area contributed by atoms with Crippen molar-refractivity contribution in [3.05, 3.63) is 23.8 Å². The van der Waals surface area contributed by atoms with Crippen molar-refractivity contribution < 1.29 is 13.2 Å². The van der Waals surface area contributed by atoms with Gasteiger partial charge in [0.2, 0.25) is 0 Å². The average Bonchev–Trinajstić information content (AvgIpc) is 2.24. The maximum Gasteiger partial charge on any atom is 0.181 e. The molecule has 4 nitrogen and oxygen atoms in total. The summed E-state index contributed by atoms with van der Waals surface area (Å²) in [5, 5.41) is -0.315. The third kappa shape index (κ3) is 2.17. The first-order valence-electron chi connectivity index (χ1n) is 5.59. The van der Waals surface area contributed by atoms with Crippen LogP contribution in [0.3, 0.4) is 0 Å². The van der Waals surface area contributed by atoms with Gasteiger partial charge in [0.25, 0.3) is 0 Å². The summed E-state index contributed by atoms with van der Waals surface area (Å²) in [5.41, 5.74) is 6.47. The standard InChI is InChI=1S/C12H17NO3S/c1-8-5-10(3-4-12(8)16-2)17(14,15)11-6-9(13)7-11/h3-5,9,11H,6-7,13H2,1-2H3. The monoisotopic (exact) mass is 255 g/mol. The highest BCUT2D eigenvalue weighted by Gasteiger charge is 2.37. The first-order chi connectivity index (χ1) is 7.95. The lowest BCUT2D eigenvalue weighted by Crippen LogP contribution is -2.44. The fourth-order valence-electron chi connectivity index (χ4n) is 2.08. The van der Waals surface area contributed by atoms with E-state index in [1.54, 1.807) is 25.3 Å². The molecule has 0 aromatic heterocycles. The quantitative estimate of drug-likeness (QED) is 0.883. The Labute approximate surface area is 102 Å². The van der Waals surface area contributed by atoms with Crippen LogP contribution in [0.5, 0.6) is 5.75 Å². The molecule has 2 N–H and O–H groups in total. The Balaban J connectivity index is 2.31. The molecule has 0 heterocycles. The smallest absolute Gasteiger partial charge is 0.181 e. The van der Waals surface area contributed by atoms with Crippen molar-refractivity contribution in [2.75, 3.05) is 7.11 Å². The highest BCUT2D eigenvalue weighted by atomic mass is 32.2. The summed E-state index contributed by atoms with van der Waals surface area (Å²) >= 11 is 0. The molecule has 0 unspecified atom stereocenters. The largest absolute Gasteiger partial charge is 0.496 e.